The normalized spacial score (nSPS) is 17.2. The molecule has 0 aliphatic carbocycles. The van der Waals surface area contributed by atoms with Crippen LogP contribution in [0.3, 0.4) is 0 Å². The monoisotopic (exact) mass is 382 g/mol. The molecule has 2 amide bonds. The second-order valence-electron chi connectivity index (χ2n) is 5.50. The van der Waals surface area contributed by atoms with Crippen LogP contribution in [0.5, 0.6) is 0 Å². The molecule has 124 valence electrons. The Labute approximate surface area is 154 Å². The first kappa shape index (κ1) is 17.1. The molecule has 0 aromatic heterocycles. The van der Waals surface area contributed by atoms with E-state index in [0.717, 1.165) is 0 Å². The molecule has 1 saturated heterocycles. The molecule has 0 radical (unpaired) electrons. The summed E-state index contributed by atoms with van der Waals surface area (Å²) in [6.45, 7) is 0.302. The minimum absolute atomic E-state index is 0.121. The van der Waals surface area contributed by atoms with Crippen molar-refractivity contribution >= 4 is 58.0 Å². The molecule has 24 heavy (non-hydrogen) atoms. The maximum absolute atomic E-state index is 12.4. The third-order valence-electron chi connectivity index (χ3n) is 3.82. The number of benzene rings is 2. The zero-order valence-electron chi connectivity index (χ0n) is 12.4. The zero-order chi connectivity index (χ0) is 17.3. The van der Waals surface area contributed by atoms with Gasteiger partial charge >= 0.3 is 0 Å². The van der Waals surface area contributed by atoms with Crippen LogP contribution in [0.4, 0.5) is 11.4 Å². The fourth-order valence-electron chi connectivity index (χ4n) is 2.56. The van der Waals surface area contributed by atoms with Crippen molar-refractivity contribution in [1.29, 1.82) is 0 Å². The number of amides is 2. The Morgan fingerprint density at radius 2 is 1.75 bits per heavy atom. The van der Waals surface area contributed by atoms with Crippen molar-refractivity contribution < 1.29 is 9.59 Å². The lowest BCUT2D eigenvalue weighted by atomic mass is 10.1. The van der Waals surface area contributed by atoms with E-state index >= 15 is 0 Å². The van der Waals surface area contributed by atoms with Gasteiger partial charge in [-0.2, -0.15) is 0 Å². The van der Waals surface area contributed by atoms with E-state index in [1.807, 2.05) is 0 Å². The highest BCUT2D eigenvalue weighted by Crippen LogP contribution is 2.31. The maximum atomic E-state index is 12.4. The number of anilines is 2. The molecule has 1 aliphatic rings. The van der Waals surface area contributed by atoms with Gasteiger partial charge in [-0.25, -0.2) is 0 Å². The molecule has 7 heteroatoms. The highest BCUT2D eigenvalue weighted by atomic mass is 35.5. The van der Waals surface area contributed by atoms with Crippen molar-refractivity contribution in [3.05, 3.63) is 57.5 Å². The van der Waals surface area contributed by atoms with Gasteiger partial charge < -0.3 is 10.2 Å². The van der Waals surface area contributed by atoms with E-state index in [1.165, 1.54) is 0 Å². The van der Waals surface area contributed by atoms with Crippen molar-refractivity contribution in [3.8, 4) is 0 Å². The standard InChI is InChI=1S/C17H13Cl3N2O2/c18-11-1-3-12(4-2-11)21-17(24)10-7-16(23)22(9-10)13-5-6-14(19)15(20)8-13/h1-6,8,10H,7,9H2,(H,21,24)/t10-/m0/s1. The van der Waals surface area contributed by atoms with E-state index in [0.29, 0.717) is 33.0 Å². The predicted molar refractivity (Wildman–Crippen MR) is 97.0 cm³/mol. The van der Waals surface area contributed by atoms with Gasteiger partial charge in [0.2, 0.25) is 11.8 Å². The molecule has 0 saturated carbocycles. The Bertz CT molecular complexity index is 793. The molecular weight excluding hydrogens is 371 g/mol. The van der Waals surface area contributed by atoms with Gasteiger partial charge in [-0.05, 0) is 42.5 Å². The second-order valence-corrected chi connectivity index (χ2v) is 6.75. The number of hydrogen-bond acceptors (Lipinski definition) is 2. The molecule has 1 fully saturated rings. The summed E-state index contributed by atoms with van der Waals surface area (Å²) in [6, 6.07) is 11.8. The summed E-state index contributed by atoms with van der Waals surface area (Å²) < 4.78 is 0. The molecule has 1 atom stereocenters. The van der Waals surface area contributed by atoms with Crippen LogP contribution < -0.4 is 10.2 Å². The third-order valence-corrected chi connectivity index (χ3v) is 4.81. The lowest BCUT2D eigenvalue weighted by molar-refractivity contribution is -0.122. The van der Waals surface area contributed by atoms with Gasteiger partial charge in [0, 0.05) is 29.4 Å². The number of hydrogen-bond donors (Lipinski definition) is 1. The van der Waals surface area contributed by atoms with E-state index in [4.69, 9.17) is 34.8 Å². The van der Waals surface area contributed by atoms with Crippen molar-refractivity contribution in [2.24, 2.45) is 5.92 Å². The molecule has 0 unspecified atom stereocenters. The van der Waals surface area contributed by atoms with Gasteiger partial charge in [0.1, 0.15) is 0 Å². The Morgan fingerprint density at radius 1 is 1.04 bits per heavy atom. The molecule has 1 heterocycles. The fourth-order valence-corrected chi connectivity index (χ4v) is 2.98. The summed E-state index contributed by atoms with van der Waals surface area (Å²) in [6.07, 6.45) is 0.152. The molecule has 2 aromatic rings. The fraction of sp³-hybridized carbons (Fsp3) is 0.176. The van der Waals surface area contributed by atoms with Crippen LogP contribution in [0.15, 0.2) is 42.5 Å². The summed E-state index contributed by atoms with van der Waals surface area (Å²) in [7, 11) is 0. The molecule has 2 aromatic carbocycles. The highest BCUT2D eigenvalue weighted by molar-refractivity contribution is 6.42. The van der Waals surface area contributed by atoms with E-state index in [2.05, 4.69) is 5.32 Å². The van der Waals surface area contributed by atoms with Gasteiger partial charge in [-0.1, -0.05) is 34.8 Å². The topological polar surface area (TPSA) is 49.4 Å². The molecule has 1 N–H and O–H groups in total. The largest absolute Gasteiger partial charge is 0.326 e. The smallest absolute Gasteiger partial charge is 0.229 e. The first-order valence-corrected chi connectivity index (χ1v) is 8.39. The molecule has 0 spiro atoms. The zero-order valence-corrected chi connectivity index (χ0v) is 14.7. The van der Waals surface area contributed by atoms with Crippen LogP contribution in [-0.4, -0.2) is 18.4 Å². The minimum Gasteiger partial charge on any atom is -0.326 e. The van der Waals surface area contributed by atoms with Crippen LogP contribution >= 0.6 is 34.8 Å². The van der Waals surface area contributed by atoms with Gasteiger partial charge in [-0.3, -0.25) is 9.59 Å². The highest BCUT2D eigenvalue weighted by Gasteiger charge is 2.35. The van der Waals surface area contributed by atoms with Crippen LogP contribution in [0.2, 0.25) is 15.1 Å². The first-order chi connectivity index (χ1) is 11.4. The number of carbonyl (C=O) groups excluding carboxylic acids is 2. The maximum Gasteiger partial charge on any atom is 0.229 e. The summed E-state index contributed by atoms with van der Waals surface area (Å²) in [5.74, 6) is -0.750. The van der Waals surface area contributed by atoms with E-state index in [9.17, 15) is 9.59 Å². The van der Waals surface area contributed by atoms with Gasteiger partial charge in [0.15, 0.2) is 0 Å². The lowest BCUT2D eigenvalue weighted by Crippen LogP contribution is -2.28. The molecule has 1 aliphatic heterocycles. The van der Waals surface area contributed by atoms with Gasteiger partial charge in [-0.15, -0.1) is 0 Å². The van der Waals surface area contributed by atoms with Crippen LogP contribution in [0.1, 0.15) is 6.42 Å². The Morgan fingerprint density at radius 3 is 2.42 bits per heavy atom. The van der Waals surface area contributed by atoms with E-state index in [1.54, 1.807) is 47.4 Å². The number of carbonyl (C=O) groups is 2. The SMILES string of the molecule is O=C(Nc1ccc(Cl)cc1)[C@H]1CC(=O)N(c2ccc(Cl)c(Cl)c2)C1. The van der Waals surface area contributed by atoms with Crippen LogP contribution in [0, 0.1) is 5.92 Å². The molecule has 0 bridgehead atoms. The van der Waals surface area contributed by atoms with Gasteiger partial charge in [0.25, 0.3) is 0 Å². The Hall–Kier alpha value is -1.75. The molecular formula is C17H13Cl3N2O2. The van der Waals surface area contributed by atoms with E-state index in [-0.39, 0.29) is 18.2 Å². The third kappa shape index (κ3) is 3.66. The van der Waals surface area contributed by atoms with E-state index < -0.39 is 5.92 Å². The summed E-state index contributed by atoms with van der Waals surface area (Å²) >= 11 is 17.7. The van der Waals surface area contributed by atoms with Crippen molar-refractivity contribution in [2.45, 2.75) is 6.42 Å². The average Bonchev–Trinajstić information content (AvgIpc) is 2.94. The lowest BCUT2D eigenvalue weighted by Gasteiger charge is -2.17. The first-order valence-electron chi connectivity index (χ1n) is 7.26. The second kappa shape index (κ2) is 7.01. The summed E-state index contributed by atoms with van der Waals surface area (Å²) in [4.78, 5) is 26.2. The number of rotatable bonds is 3. The number of nitrogens with one attached hydrogen (secondary N) is 1. The number of nitrogens with zero attached hydrogens (tertiary/aromatic N) is 1. The average molecular weight is 384 g/mol. The Balaban J connectivity index is 1.70. The summed E-state index contributed by atoms with van der Waals surface area (Å²) in [5, 5.41) is 4.18. The van der Waals surface area contributed by atoms with Gasteiger partial charge in [0.05, 0.1) is 16.0 Å². The summed E-state index contributed by atoms with van der Waals surface area (Å²) in [5.41, 5.74) is 1.28. The molecule has 3 rings (SSSR count). The minimum atomic E-state index is -0.428. The predicted octanol–water partition coefficient (Wildman–Crippen LogP) is 4.64. The van der Waals surface area contributed by atoms with Crippen molar-refractivity contribution in [3.63, 3.8) is 0 Å². The molecule has 4 nitrogen and oxygen atoms in total. The van der Waals surface area contributed by atoms with Crippen molar-refractivity contribution in [2.75, 3.05) is 16.8 Å². The van der Waals surface area contributed by atoms with Crippen molar-refractivity contribution in [1.82, 2.24) is 0 Å². The van der Waals surface area contributed by atoms with Crippen LogP contribution in [0.25, 0.3) is 0 Å². The quantitative estimate of drug-likeness (QED) is 0.839. The number of halogens is 3. The van der Waals surface area contributed by atoms with Crippen LogP contribution in [-0.2, 0) is 9.59 Å². The Kier molecular flexibility index (Phi) is 4.99.